The van der Waals surface area contributed by atoms with E-state index in [1.165, 1.54) is 37.9 Å². The molecule has 170 valence electrons. The highest BCUT2D eigenvalue weighted by Gasteiger charge is 2.38. The van der Waals surface area contributed by atoms with Gasteiger partial charge in [-0.2, -0.15) is 21.4 Å². The number of nitrogens with zero attached hydrogens (tertiary/aromatic N) is 2. The van der Waals surface area contributed by atoms with Gasteiger partial charge in [0.2, 0.25) is 0 Å². The Labute approximate surface area is 196 Å². The maximum absolute atomic E-state index is 11.3. The maximum Gasteiger partial charge on any atom is 0.303 e. The van der Waals surface area contributed by atoms with Gasteiger partial charge in [0.15, 0.2) is 0 Å². The number of hydrogen-bond acceptors (Lipinski definition) is 4. The number of fused-ring (bicyclic) bond motifs is 2. The van der Waals surface area contributed by atoms with Gasteiger partial charge in [0, 0.05) is 61.7 Å². The summed E-state index contributed by atoms with van der Waals surface area (Å²) in [5, 5.41) is 13.7. The van der Waals surface area contributed by atoms with Crippen LogP contribution in [0.1, 0.15) is 35.4 Å². The number of benzene rings is 2. The molecule has 0 spiro atoms. The number of carbonyl (C=O) groups is 1. The fraction of sp³-hybridized carbons (Fsp3) is 0.346. The van der Waals surface area contributed by atoms with Crippen molar-refractivity contribution in [2.24, 2.45) is 0 Å². The Morgan fingerprint density at radius 3 is 1.97 bits per heavy atom. The Balaban J connectivity index is 1.97. The SMILES string of the molecule is CN(C)c1ccc2c(c1)S(C)(CCCC(=O)O)c1cc(N(C)C)ccc1C2c1ccsc1. The first-order valence-electron chi connectivity index (χ1n) is 10.8. The molecule has 1 aliphatic heterocycles. The molecule has 3 aromatic rings. The van der Waals surface area contributed by atoms with Gasteiger partial charge in [-0.15, -0.1) is 0 Å². The Kier molecular flexibility index (Phi) is 6.28. The molecule has 2 heterocycles. The zero-order valence-corrected chi connectivity index (χ0v) is 21.1. The van der Waals surface area contributed by atoms with Gasteiger partial charge >= 0.3 is 5.97 Å². The van der Waals surface area contributed by atoms with Gasteiger partial charge in [0.1, 0.15) is 0 Å². The molecule has 32 heavy (non-hydrogen) atoms. The topological polar surface area (TPSA) is 43.8 Å². The predicted molar refractivity (Wildman–Crippen MR) is 139 cm³/mol. The quantitative estimate of drug-likeness (QED) is 0.456. The lowest BCUT2D eigenvalue weighted by Gasteiger charge is -2.46. The van der Waals surface area contributed by atoms with E-state index in [1.54, 1.807) is 11.3 Å². The third-order valence-electron chi connectivity index (χ3n) is 6.44. The summed E-state index contributed by atoms with van der Waals surface area (Å²) in [5.41, 5.74) is 6.45. The van der Waals surface area contributed by atoms with Crippen molar-refractivity contribution in [3.63, 3.8) is 0 Å². The Morgan fingerprint density at radius 2 is 1.53 bits per heavy atom. The number of aliphatic carboxylic acids is 1. The molecule has 0 fully saturated rings. The van der Waals surface area contributed by atoms with Crippen molar-refractivity contribution in [3.8, 4) is 0 Å². The second-order valence-corrected chi connectivity index (χ2v) is 13.3. The average molecular weight is 469 g/mol. The van der Waals surface area contributed by atoms with Crippen molar-refractivity contribution in [1.82, 2.24) is 0 Å². The first-order chi connectivity index (χ1) is 15.2. The van der Waals surface area contributed by atoms with Gasteiger partial charge in [-0.3, -0.25) is 4.79 Å². The van der Waals surface area contributed by atoms with Crippen molar-refractivity contribution in [2.45, 2.75) is 28.6 Å². The zero-order valence-electron chi connectivity index (χ0n) is 19.5. The second kappa shape index (κ2) is 8.83. The highest BCUT2D eigenvalue weighted by atomic mass is 32.3. The minimum Gasteiger partial charge on any atom is -0.481 e. The van der Waals surface area contributed by atoms with Crippen molar-refractivity contribution in [2.75, 3.05) is 50.0 Å². The third-order valence-corrected chi connectivity index (χ3v) is 10.9. The van der Waals surface area contributed by atoms with Crippen LogP contribution >= 0.6 is 21.4 Å². The van der Waals surface area contributed by atoms with E-state index >= 15 is 0 Å². The molecule has 0 bridgehead atoms. The summed E-state index contributed by atoms with van der Waals surface area (Å²) in [7, 11) is 6.91. The zero-order chi connectivity index (χ0) is 23.0. The molecule has 0 saturated carbocycles. The van der Waals surface area contributed by atoms with E-state index in [0.717, 1.165) is 5.75 Å². The molecular formula is C26H32N2O2S2. The van der Waals surface area contributed by atoms with Crippen molar-refractivity contribution >= 4 is 38.7 Å². The largest absolute Gasteiger partial charge is 0.481 e. The summed E-state index contributed by atoms with van der Waals surface area (Å²) in [6, 6.07) is 16.0. The summed E-state index contributed by atoms with van der Waals surface area (Å²) < 4.78 is 0. The first-order valence-corrected chi connectivity index (χ1v) is 14.0. The first kappa shape index (κ1) is 22.7. The summed E-state index contributed by atoms with van der Waals surface area (Å²) in [6.45, 7) is 0. The monoisotopic (exact) mass is 468 g/mol. The van der Waals surface area contributed by atoms with Crippen molar-refractivity contribution < 1.29 is 9.90 Å². The molecule has 0 saturated heterocycles. The Morgan fingerprint density at radius 1 is 0.969 bits per heavy atom. The molecule has 0 amide bonds. The van der Waals surface area contributed by atoms with Crippen molar-refractivity contribution in [3.05, 3.63) is 69.9 Å². The van der Waals surface area contributed by atoms with E-state index in [0.29, 0.717) is 6.42 Å². The van der Waals surface area contributed by atoms with Gasteiger partial charge in [0.05, 0.1) is 0 Å². The van der Waals surface area contributed by atoms with E-state index in [9.17, 15) is 9.90 Å². The van der Waals surface area contributed by atoms with Crippen LogP contribution in [0.25, 0.3) is 0 Å². The van der Waals surface area contributed by atoms with E-state index in [4.69, 9.17) is 0 Å². The van der Waals surface area contributed by atoms with Gasteiger partial charge in [-0.05, 0) is 76.2 Å². The van der Waals surface area contributed by atoms with Gasteiger partial charge < -0.3 is 14.9 Å². The summed E-state index contributed by atoms with van der Waals surface area (Å²) in [5.74, 6) is 0.367. The van der Waals surface area contributed by atoms with E-state index in [1.807, 2.05) is 0 Å². The molecule has 6 heteroatoms. The highest BCUT2D eigenvalue weighted by molar-refractivity contribution is 8.33. The highest BCUT2D eigenvalue weighted by Crippen LogP contribution is 2.68. The lowest BCUT2D eigenvalue weighted by atomic mass is 9.85. The molecule has 1 aromatic heterocycles. The molecule has 2 aromatic carbocycles. The average Bonchev–Trinajstić information content (AvgIpc) is 3.27. The molecule has 1 N–H and O–H groups in total. The molecule has 0 atom stereocenters. The van der Waals surface area contributed by atoms with Crippen LogP contribution in [0.3, 0.4) is 0 Å². The van der Waals surface area contributed by atoms with Crippen LogP contribution in [0.2, 0.25) is 0 Å². The molecular weight excluding hydrogens is 436 g/mol. The van der Waals surface area contributed by atoms with Crippen LogP contribution in [0.5, 0.6) is 0 Å². The van der Waals surface area contributed by atoms with E-state index < -0.39 is 16.0 Å². The standard InChI is InChI=1S/C26H32N2O2S2/c1-27(2)19-8-10-21-23(15-19)32(5,14-6-7-25(29)30)24-16-20(28(3)4)9-11-22(24)26(21)18-12-13-31-17-18/h8-13,15-17,26H,6-7,14H2,1-5H3,(H,29,30). The Hall–Kier alpha value is -2.44. The molecule has 0 aliphatic carbocycles. The fourth-order valence-electron chi connectivity index (χ4n) is 4.68. The lowest BCUT2D eigenvalue weighted by molar-refractivity contribution is -0.137. The number of carboxylic acid groups (broad SMARTS) is 1. The Bertz CT molecular complexity index is 1060. The molecule has 4 nitrogen and oxygen atoms in total. The number of anilines is 2. The van der Waals surface area contributed by atoms with Gasteiger partial charge in [0.25, 0.3) is 0 Å². The summed E-state index contributed by atoms with van der Waals surface area (Å²) in [6.07, 6.45) is 3.28. The van der Waals surface area contributed by atoms with Crippen LogP contribution in [0, 0.1) is 0 Å². The fourth-order valence-corrected chi connectivity index (χ4v) is 8.93. The summed E-state index contributed by atoms with van der Waals surface area (Å²) in [4.78, 5) is 18.4. The summed E-state index contributed by atoms with van der Waals surface area (Å²) >= 11 is 1.74. The number of rotatable bonds is 7. The van der Waals surface area contributed by atoms with Crippen LogP contribution < -0.4 is 9.80 Å². The second-order valence-electron chi connectivity index (χ2n) is 9.01. The van der Waals surface area contributed by atoms with Gasteiger partial charge in [-0.25, -0.2) is 0 Å². The predicted octanol–water partition coefficient (Wildman–Crippen LogP) is 6.09. The normalized spacial score (nSPS) is 21.2. The van der Waals surface area contributed by atoms with Crippen LogP contribution in [-0.4, -0.2) is 51.3 Å². The van der Waals surface area contributed by atoms with Gasteiger partial charge in [-0.1, -0.05) is 12.1 Å². The maximum atomic E-state index is 11.3. The third kappa shape index (κ3) is 4.02. The lowest BCUT2D eigenvalue weighted by Crippen LogP contribution is -2.22. The minimum atomic E-state index is -1.40. The van der Waals surface area contributed by atoms with E-state index in [2.05, 4.69) is 97.5 Å². The molecule has 0 unspecified atom stereocenters. The van der Waals surface area contributed by atoms with Crippen LogP contribution in [-0.2, 0) is 4.79 Å². The number of thiophene rings is 1. The van der Waals surface area contributed by atoms with Crippen LogP contribution in [0.4, 0.5) is 11.4 Å². The molecule has 1 aliphatic rings. The smallest absolute Gasteiger partial charge is 0.303 e. The number of carboxylic acids is 1. The molecule has 4 rings (SSSR count). The molecule has 0 radical (unpaired) electrons. The minimum absolute atomic E-state index is 0.207. The van der Waals surface area contributed by atoms with Crippen molar-refractivity contribution in [1.29, 1.82) is 0 Å². The van der Waals surface area contributed by atoms with Crippen LogP contribution in [0.15, 0.2) is 63.0 Å². The van der Waals surface area contributed by atoms with E-state index in [-0.39, 0.29) is 12.3 Å². The number of hydrogen-bond donors (Lipinski definition) is 1.